The van der Waals surface area contributed by atoms with Gasteiger partial charge in [0.15, 0.2) is 6.61 Å². The number of sulfonamides is 1. The Morgan fingerprint density at radius 3 is 2.49 bits per heavy atom. The Labute approximate surface area is 203 Å². The Morgan fingerprint density at radius 2 is 1.91 bits per heavy atom. The van der Waals surface area contributed by atoms with Gasteiger partial charge in [0.1, 0.15) is 11.9 Å². The van der Waals surface area contributed by atoms with Gasteiger partial charge in [-0.25, -0.2) is 18.2 Å². The number of nitrogens with one attached hydrogen (secondary N) is 1. The molecule has 1 saturated heterocycles. The summed E-state index contributed by atoms with van der Waals surface area (Å²) in [6.45, 7) is -0.330. The average molecular weight is 531 g/mol. The lowest BCUT2D eigenvalue weighted by Crippen LogP contribution is -2.55. The van der Waals surface area contributed by atoms with E-state index in [1.54, 1.807) is 0 Å². The Kier molecular flexibility index (Phi) is 7.56. The normalized spacial score (nSPS) is 14.1. The van der Waals surface area contributed by atoms with E-state index in [-0.39, 0.29) is 35.7 Å². The van der Waals surface area contributed by atoms with Crippen molar-refractivity contribution >= 4 is 39.3 Å². The number of amides is 1. The van der Waals surface area contributed by atoms with Gasteiger partial charge in [0.05, 0.1) is 28.5 Å². The van der Waals surface area contributed by atoms with Crippen LogP contribution >= 0.6 is 11.6 Å². The first kappa shape index (κ1) is 26.2. The van der Waals surface area contributed by atoms with Crippen LogP contribution in [0.3, 0.4) is 0 Å². The average Bonchev–Trinajstić information content (AvgIpc) is 2.71. The number of hydrogen-bond acceptors (Lipinski definition) is 8. The van der Waals surface area contributed by atoms with Crippen LogP contribution in [0.2, 0.25) is 5.02 Å². The summed E-state index contributed by atoms with van der Waals surface area (Å²) < 4.78 is 67.7. The van der Waals surface area contributed by atoms with Gasteiger partial charge in [-0.15, -0.1) is 0 Å². The zero-order valence-corrected chi connectivity index (χ0v) is 19.7. The van der Waals surface area contributed by atoms with E-state index >= 15 is 0 Å². The number of nitrogens with zero attached hydrogens (tertiary/aromatic N) is 3. The number of aryl methyl sites for hydroxylation is 1. The van der Waals surface area contributed by atoms with Gasteiger partial charge in [0.2, 0.25) is 15.9 Å². The number of carbonyl (C=O) groups excluding carboxylic acids is 2. The molecule has 14 heteroatoms. The van der Waals surface area contributed by atoms with Crippen molar-refractivity contribution < 1.29 is 35.9 Å². The van der Waals surface area contributed by atoms with E-state index in [1.165, 1.54) is 36.1 Å². The van der Waals surface area contributed by atoms with Crippen LogP contribution in [-0.2, 0) is 25.3 Å². The lowest BCUT2D eigenvalue weighted by Gasteiger charge is -2.39. The number of esters is 1. The SMILES string of the molecule is Cc1nc(N2CC(C(=O)NS(=O)(=O)Cc3ccc(Cl)cc3)C2)c(C#N)cc1C(=O)OCC(F)(F)F. The molecule has 0 radical (unpaired) electrons. The molecule has 1 aromatic carbocycles. The molecule has 1 aliphatic heterocycles. The van der Waals surface area contributed by atoms with Crippen molar-refractivity contribution in [2.45, 2.75) is 18.9 Å². The van der Waals surface area contributed by atoms with Crippen LogP contribution in [0.1, 0.15) is 27.2 Å². The second-order valence-electron chi connectivity index (χ2n) is 7.75. The quantitative estimate of drug-likeness (QED) is 0.541. The molecule has 1 amide bonds. The summed E-state index contributed by atoms with van der Waals surface area (Å²) in [4.78, 5) is 30.0. The van der Waals surface area contributed by atoms with E-state index in [1.807, 2.05) is 10.8 Å². The van der Waals surface area contributed by atoms with E-state index in [0.717, 1.165) is 6.07 Å². The van der Waals surface area contributed by atoms with Crippen molar-refractivity contribution in [1.29, 1.82) is 5.26 Å². The first-order valence-corrected chi connectivity index (χ1v) is 12.0. The summed E-state index contributed by atoms with van der Waals surface area (Å²) in [5.41, 5.74) is 0.0724. The third-order valence-corrected chi connectivity index (χ3v) is 6.46. The summed E-state index contributed by atoms with van der Waals surface area (Å²) in [6, 6.07) is 8.99. The fourth-order valence-corrected chi connectivity index (χ4v) is 4.54. The number of benzene rings is 1. The highest BCUT2D eigenvalue weighted by atomic mass is 35.5. The summed E-state index contributed by atoms with van der Waals surface area (Å²) in [6.07, 6.45) is -4.70. The number of aromatic nitrogens is 1. The fourth-order valence-electron chi connectivity index (χ4n) is 3.24. The molecule has 0 bridgehead atoms. The van der Waals surface area contributed by atoms with Gasteiger partial charge in [0, 0.05) is 18.1 Å². The zero-order chi connectivity index (χ0) is 26.0. The molecule has 0 atom stereocenters. The molecule has 1 aliphatic rings. The van der Waals surface area contributed by atoms with E-state index < -0.39 is 46.4 Å². The third-order valence-electron chi connectivity index (χ3n) is 4.98. The van der Waals surface area contributed by atoms with Gasteiger partial charge in [0.25, 0.3) is 0 Å². The van der Waals surface area contributed by atoms with Crippen LogP contribution in [0.5, 0.6) is 0 Å². The molecule has 0 aliphatic carbocycles. The van der Waals surface area contributed by atoms with E-state index in [4.69, 9.17) is 11.6 Å². The van der Waals surface area contributed by atoms with Crippen molar-refractivity contribution in [3.05, 3.63) is 57.7 Å². The lowest BCUT2D eigenvalue weighted by molar-refractivity contribution is -0.161. The number of anilines is 1. The molecule has 186 valence electrons. The molecule has 2 aromatic rings. The molecule has 35 heavy (non-hydrogen) atoms. The number of halogens is 4. The standard InChI is InChI=1S/C21H18ClF3N4O5S/c1-12-17(20(31)34-11-21(23,24)25)6-14(7-26)18(27-12)29-8-15(9-29)19(30)28-35(32,33)10-13-2-4-16(22)5-3-13/h2-6,15H,8-11H2,1H3,(H,28,30). The zero-order valence-electron chi connectivity index (χ0n) is 18.1. The number of pyridine rings is 1. The van der Waals surface area contributed by atoms with Gasteiger partial charge in [-0.2, -0.15) is 18.4 Å². The summed E-state index contributed by atoms with van der Waals surface area (Å²) in [5.74, 6) is -3.01. The lowest BCUT2D eigenvalue weighted by atomic mass is 9.98. The molecule has 0 spiro atoms. The van der Waals surface area contributed by atoms with Gasteiger partial charge in [-0.1, -0.05) is 23.7 Å². The summed E-state index contributed by atoms with van der Waals surface area (Å²) >= 11 is 5.77. The Hall–Kier alpha value is -3.37. The molecule has 1 aromatic heterocycles. The van der Waals surface area contributed by atoms with Crippen LogP contribution < -0.4 is 9.62 Å². The predicted octanol–water partition coefficient (Wildman–Crippen LogP) is 2.72. The predicted molar refractivity (Wildman–Crippen MR) is 118 cm³/mol. The third kappa shape index (κ3) is 6.83. The van der Waals surface area contributed by atoms with Crippen LogP contribution in [0, 0.1) is 24.2 Å². The maximum Gasteiger partial charge on any atom is 0.422 e. The highest BCUT2D eigenvalue weighted by Gasteiger charge is 2.37. The number of hydrogen-bond donors (Lipinski definition) is 1. The first-order valence-electron chi connectivity index (χ1n) is 9.97. The number of carbonyl (C=O) groups is 2. The Balaban J connectivity index is 1.63. The number of alkyl halides is 3. The van der Waals surface area contributed by atoms with Gasteiger partial charge >= 0.3 is 12.1 Å². The van der Waals surface area contributed by atoms with Crippen molar-refractivity contribution in [2.24, 2.45) is 5.92 Å². The monoisotopic (exact) mass is 530 g/mol. The molecule has 9 nitrogen and oxygen atoms in total. The molecule has 0 unspecified atom stereocenters. The minimum Gasteiger partial charge on any atom is -0.452 e. The second-order valence-corrected chi connectivity index (χ2v) is 9.91. The summed E-state index contributed by atoms with van der Waals surface area (Å²) in [7, 11) is -3.96. The topological polar surface area (TPSA) is 129 Å². The summed E-state index contributed by atoms with van der Waals surface area (Å²) in [5, 5.41) is 9.85. The highest BCUT2D eigenvalue weighted by Crippen LogP contribution is 2.28. The molecule has 1 N–H and O–H groups in total. The minimum absolute atomic E-state index is 0.0321. The molecule has 0 saturated carbocycles. The smallest absolute Gasteiger partial charge is 0.422 e. The van der Waals surface area contributed by atoms with Crippen LogP contribution in [0.15, 0.2) is 30.3 Å². The van der Waals surface area contributed by atoms with Crippen molar-refractivity contribution in [3.63, 3.8) is 0 Å². The maximum absolute atomic E-state index is 12.4. The van der Waals surface area contributed by atoms with Gasteiger partial charge < -0.3 is 9.64 Å². The number of nitriles is 1. The van der Waals surface area contributed by atoms with E-state index in [9.17, 15) is 36.4 Å². The highest BCUT2D eigenvalue weighted by molar-refractivity contribution is 7.89. The molecule has 2 heterocycles. The Bertz CT molecular complexity index is 1290. The van der Waals surface area contributed by atoms with Gasteiger partial charge in [-0.3, -0.25) is 9.52 Å². The minimum atomic E-state index is -4.70. The van der Waals surface area contributed by atoms with Crippen molar-refractivity contribution in [2.75, 3.05) is 24.6 Å². The molecular weight excluding hydrogens is 513 g/mol. The molecule has 1 fully saturated rings. The van der Waals surface area contributed by atoms with Crippen molar-refractivity contribution in [3.8, 4) is 6.07 Å². The first-order chi connectivity index (χ1) is 16.3. The van der Waals surface area contributed by atoms with Crippen molar-refractivity contribution in [1.82, 2.24) is 9.71 Å². The Morgan fingerprint density at radius 1 is 1.29 bits per heavy atom. The number of rotatable bonds is 7. The van der Waals surface area contributed by atoms with Crippen LogP contribution in [0.4, 0.5) is 19.0 Å². The number of ether oxygens (including phenoxy) is 1. The fraction of sp³-hybridized carbons (Fsp3) is 0.333. The van der Waals surface area contributed by atoms with E-state index in [0.29, 0.717) is 10.6 Å². The molecular formula is C21H18ClF3N4O5S. The molecule has 3 rings (SSSR count). The maximum atomic E-state index is 12.4. The van der Waals surface area contributed by atoms with E-state index in [2.05, 4.69) is 9.72 Å². The van der Waals surface area contributed by atoms with Crippen LogP contribution in [-0.4, -0.2) is 51.2 Å². The second kappa shape index (κ2) is 10.1. The van der Waals surface area contributed by atoms with Gasteiger partial charge in [-0.05, 0) is 30.7 Å². The van der Waals surface area contributed by atoms with Crippen LogP contribution in [0.25, 0.3) is 0 Å². The largest absolute Gasteiger partial charge is 0.452 e.